The summed E-state index contributed by atoms with van der Waals surface area (Å²) >= 11 is 0. The second kappa shape index (κ2) is 5.56. The number of carbonyl (C=O) groups is 2. The van der Waals surface area contributed by atoms with Gasteiger partial charge in [-0.15, -0.1) is 0 Å². The Morgan fingerprint density at radius 1 is 1.50 bits per heavy atom. The first-order chi connectivity index (χ1) is 6.31. The fourth-order valence-corrected chi connectivity index (χ4v) is 0.665. The quantitative estimate of drug-likeness (QED) is 0.513. The Morgan fingerprint density at radius 2 is 2.07 bits per heavy atom. The Morgan fingerprint density at radius 3 is 2.50 bits per heavy atom. The summed E-state index contributed by atoms with van der Waals surface area (Å²) in [5, 5.41) is 8.19. The highest BCUT2D eigenvalue weighted by Gasteiger charge is 2.13. The number of carboxylic acids is 1. The van der Waals surface area contributed by atoms with Gasteiger partial charge in [0.2, 0.25) is 5.91 Å². The van der Waals surface area contributed by atoms with Crippen LogP contribution in [0.5, 0.6) is 0 Å². The first kappa shape index (κ1) is 12.9. The van der Waals surface area contributed by atoms with Gasteiger partial charge in [-0.1, -0.05) is 0 Å². The van der Waals surface area contributed by atoms with Gasteiger partial charge >= 0.3 is 5.97 Å². The van der Waals surface area contributed by atoms with Crippen molar-refractivity contribution in [1.29, 1.82) is 0 Å². The van der Waals surface area contributed by atoms with E-state index in [2.05, 4.69) is 4.84 Å². The van der Waals surface area contributed by atoms with Crippen LogP contribution in [0.3, 0.4) is 0 Å². The number of aliphatic carboxylic acids is 1. The van der Waals surface area contributed by atoms with E-state index in [1.165, 1.54) is 0 Å². The Bertz CT molecular complexity index is 210. The molecular formula is C8H16N2O4. The molecule has 0 bridgehead atoms. The summed E-state index contributed by atoms with van der Waals surface area (Å²) in [6.45, 7) is 3.06. The zero-order chi connectivity index (χ0) is 11.2. The second-order valence-electron chi connectivity index (χ2n) is 3.70. The van der Waals surface area contributed by atoms with Crippen LogP contribution in [-0.4, -0.2) is 29.1 Å². The van der Waals surface area contributed by atoms with Gasteiger partial charge in [0.25, 0.3) is 0 Å². The number of nitrogens with one attached hydrogen (secondary N) is 1. The Balaban J connectivity index is 3.52. The van der Waals surface area contributed by atoms with Crippen LogP contribution in [-0.2, 0) is 14.4 Å². The van der Waals surface area contributed by atoms with Gasteiger partial charge in [0.1, 0.15) is 0 Å². The molecule has 0 atom stereocenters. The third kappa shape index (κ3) is 8.95. The van der Waals surface area contributed by atoms with E-state index in [4.69, 9.17) is 10.8 Å². The van der Waals surface area contributed by atoms with E-state index < -0.39 is 18.1 Å². The summed E-state index contributed by atoms with van der Waals surface area (Å²) in [6.07, 6.45) is 0.721. The molecule has 0 aliphatic heterocycles. The van der Waals surface area contributed by atoms with Crippen LogP contribution in [0, 0.1) is 0 Å². The zero-order valence-corrected chi connectivity index (χ0v) is 8.37. The SMILES string of the molecule is CC(C)(N)CCC(=O)NOCC(=O)O. The van der Waals surface area contributed by atoms with Crippen LogP contribution < -0.4 is 11.2 Å². The van der Waals surface area contributed by atoms with Gasteiger partial charge in [-0.25, -0.2) is 10.3 Å². The Labute approximate surface area is 82.4 Å². The third-order valence-electron chi connectivity index (χ3n) is 1.38. The molecule has 6 nitrogen and oxygen atoms in total. The third-order valence-corrected chi connectivity index (χ3v) is 1.38. The van der Waals surface area contributed by atoms with Crippen LogP contribution in [0.1, 0.15) is 26.7 Å². The molecule has 0 saturated heterocycles. The van der Waals surface area contributed by atoms with Crippen LogP contribution in [0.2, 0.25) is 0 Å². The molecule has 0 aliphatic carbocycles. The number of carbonyl (C=O) groups excluding carboxylic acids is 1. The number of rotatable bonds is 6. The van der Waals surface area contributed by atoms with E-state index >= 15 is 0 Å². The predicted octanol–water partition coefficient (Wildman–Crippen LogP) is -0.364. The standard InChI is InChI=1S/C8H16N2O4/c1-8(2,9)4-3-6(11)10-14-5-7(12)13/h3-5,9H2,1-2H3,(H,10,11)(H,12,13). The summed E-state index contributed by atoms with van der Waals surface area (Å²) in [6, 6.07) is 0. The van der Waals surface area contributed by atoms with Crippen molar-refractivity contribution in [3.8, 4) is 0 Å². The maximum atomic E-state index is 11.0. The smallest absolute Gasteiger partial charge is 0.332 e. The summed E-state index contributed by atoms with van der Waals surface area (Å²) in [5.74, 6) is -1.51. The number of carboxylic acid groups (broad SMARTS) is 1. The summed E-state index contributed by atoms with van der Waals surface area (Å²) in [5.41, 5.74) is 7.24. The molecule has 0 fully saturated rings. The van der Waals surface area contributed by atoms with E-state index in [0.717, 1.165) is 0 Å². The van der Waals surface area contributed by atoms with Crippen molar-refractivity contribution in [2.45, 2.75) is 32.2 Å². The number of hydroxylamine groups is 1. The normalized spacial score (nSPS) is 11.1. The minimum Gasteiger partial charge on any atom is -0.479 e. The van der Waals surface area contributed by atoms with Gasteiger partial charge in [0.05, 0.1) is 0 Å². The number of nitrogens with two attached hydrogens (primary N) is 1. The van der Waals surface area contributed by atoms with E-state index in [0.29, 0.717) is 6.42 Å². The predicted molar refractivity (Wildman–Crippen MR) is 49.2 cm³/mol. The molecule has 1 amide bonds. The van der Waals surface area contributed by atoms with Crippen molar-refractivity contribution in [2.75, 3.05) is 6.61 Å². The highest BCUT2D eigenvalue weighted by atomic mass is 16.7. The zero-order valence-electron chi connectivity index (χ0n) is 8.37. The minimum absolute atomic E-state index is 0.211. The fraction of sp³-hybridized carbons (Fsp3) is 0.750. The maximum absolute atomic E-state index is 11.0. The average molecular weight is 204 g/mol. The van der Waals surface area contributed by atoms with Gasteiger partial charge in [0, 0.05) is 12.0 Å². The van der Waals surface area contributed by atoms with Crippen molar-refractivity contribution in [3.05, 3.63) is 0 Å². The lowest BCUT2D eigenvalue weighted by Crippen LogP contribution is -2.34. The van der Waals surface area contributed by atoms with Crippen molar-refractivity contribution in [2.24, 2.45) is 5.73 Å². The van der Waals surface area contributed by atoms with Gasteiger partial charge in [-0.2, -0.15) is 0 Å². The lowest BCUT2D eigenvalue weighted by molar-refractivity contribution is -0.149. The molecule has 6 heteroatoms. The number of hydrogen-bond acceptors (Lipinski definition) is 4. The van der Waals surface area contributed by atoms with Crippen LogP contribution >= 0.6 is 0 Å². The Kier molecular flexibility index (Phi) is 5.11. The van der Waals surface area contributed by atoms with Crippen molar-refractivity contribution >= 4 is 11.9 Å². The molecule has 0 heterocycles. The van der Waals surface area contributed by atoms with Crippen molar-refractivity contribution in [3.63, 3.8) is 0 Å². The Hall–Kier alpha value is -1.14. The molecule has 0 aromatic heterocycles. The van der Waals surface area contributed by atoms with Crippen LogP contribution in [0.15, 0.2) is 0 Å². The molecule has 0 aromatic carbocycles. The molecule has 0 spiro atoms. The summed E-state index contributed by atoms with van der Waals surface area (Å²) in [7, 11) is 0. The van der Waals surface area contributed by atoms with E-state index in [1.807, 2.05) is 5.48 Å². The van der Waals surface area contributed by atoms with Crippen LogP contribution in [0.4, 0.5) is 0 Å². The summed E-state index contributed by atoms with van der Waals surface area (Å²) < 4.78 is 0. The maximum Gasteiger partial charge on any atom is 0.332 e. The molecule has 4 N–H and O–H groups in total. The number of amides is 1. The van der Waals surface area contributed by atoms with E-state index in [1.54, 1.807) is 13.8 Å². The highest BCUT2D eigenvalue weighted by Crippen LogP contribution is 2.06. The van der Waals surface area contributed by atoms with E-state index in [-0.39, 0.29) is 12.3 Å². The highest BCUT2D eigenvalue weighted by molar-refractivity contribution is 5.75. The molecular weight excluding hydrogens is 188 g/mol. The van der Waals surface area contributed by atoms with Crippen molar-refractivity contribution in [1.82, 2.24) is 5.48 Å². The molecule has 82 valence electrons. The minimum atomic E-state index is -1.13. The first-order valence-electron chi connectivity index (χ1n) is 4.22. The van der Waals surface area contributed by atoms with Crippen molar-refractivity contribution < 1.29 is 19.5 Å². The lowest BCUT2D eigenvalue weighted by Gasteiger charge is -2.17. The molecule has 14 heavy (non-hydrogen) atoms. The molecule has 0 saturated carbocycles. The monoisotopic (exact) mass is 204 g/mol. The molecule has 0 unspecified atom stereocenters. The molecule has 0 aromatic rings. The average Bonchev–Trinajstić information content (AvgIpc) is 1.99. The fourth-order valence-electron chi connectivity index (χ4n) is 0.665. The number of hydrogen-bond donors (Lipinski definition) is 3. The second-order valence-corrected chi connectivity index (χ2v) is 3.70. The molecule has 0 radical (unpaired) electrons. The molecule has 0 rings (SSSR count). The van der Waals surface area contributed by atoms with Gasteiger partial charge < -0.3 is 10.8 Å². The lowest BCUT2D eigenvalue weighted by atomic mass is 10.0. The van der Waals surface area contributed by atoms with Gasteiger partial charge in [-0.05, 0) is 20.3 Å². The summed E-state index contributed by atoms with van der Waals surface area (Å²) in [4.78, 5) is 25.4. The van der Waals surface area contributed by atoms with Gasteiger partial charge in [0.15, 0.2) is 6.61 Å². The largest absolute Gasteiger partial charge is 0.479 e. The topological polar surface area (TPSA) is 102 Å². The first-order valence-corrected chi connectivity index (χ1v) is 4.22. The van der Waals surface area contributed by atoms with Crippen LogP contribution in [0.25, 0.3) is 0 Å². The molecule has 0 aliphatic rings. The van der Waals surface area contributed by atoms with Gasteiger partial charge in [-0.3, -0.25) is 9.63 Å². The van der Waals surface area contributed by atoms with E-state index in [9.17, 15) is 9.59 Å².